The van der Waals surface area contributed by atoms with Gasteiger partial charge >= 0.3 is 5.97 Å². The summed E-state index contributed by atoms with van der Waals surface area (Å²) in [4.78, 5) is 12.1. The molecule has 0 radical (unpaired) electrons. The average molecular weight is 231 g/mol. The molecular weight excluding hydrogens is 220 g/mol. The molecule has 1 heterocycles. The Morgan fingerprint density at radius 2 is 2.29 bits per heavy atom. The van der Waals surface area contributed by atoms with Gasteiger partial charge < -0.3 is 5.11 Å². The summed E-state index contributed by atoms with van der Waals surface area (Å²) in [7, 11) is 0. The summed E-state index contributed by atoms with van der Waals surface area (Å²) in [5.41, 5.74) is -0.724. The molecule has 0 aromatic carbocycles. The quantitative estimate of drug-likeness (QED) is 0.866. The van der Waals surface area contributed by atoms with Gasteiger partial charge in [-0.15, -0.1) is 11.3 Å². The van der Waals surface area contributed by atoms with Crippen LogP contribution in [-0.2, 0) is 10.2 Å². The molecule has 0 amide bonds. The maximum absolute atomic E-state index is 11.3. The van der Waals surface area contributed by atoms with Crippen molar-refractivity contribution in [2.45, 2.75) is 25.2 Å². The van der Waals surface area contributed by atoms with Gasteiger partial charge in [-0.1, -0.05) is 11.6 Å². The Kier molecular flexibility index (Phi) is 2.32. The van der Waals surface area contributed by atoms with E-state index in [-0.39, 0.29) is 5.92 Å². The third kappa shape index (κ3) is 1.44. The molecule has 1 fully saturated rings. The Morgan fingerprint density at radius 3 is 2.64 bits per heavy atom. The lowest BCUT2D eigenvalue weighted by molar-refractivity contribution is -0.143. The summed E-state index contributed by atoms with van der Waals surface area (Å²) in [5.74, 6) is -0.451. The van der Waals surface area contributed by atoms with Crippen LogP contribution in [0.4, 0.5) is 0 Å². The molecule has 1 aliphatic rings. The van der Waals surface area contributed by atoms with Crippen molar-refractivity contribution in [1.82, 2.24) is 0 Å². The fourth-order valence-electron chi connectivity index (χ4n) is 1.74. The molecule has 1 aliphatic carbocycles. The van der Waals surface area contributed by atoms with E-state index < -0.39 is 11.4 Å². The van der Waals surface area contributed by atoms with Crippen molar-refractivity contribution in [3.63, 3.8) is 0 Å². The SMILES string of the molecule is CC(C(=O)O)(c1ccc(Cl)s1)C1CC1. The number of aliphatic carboxylic acids is 1. The predicted octanol–water partition coefficient (Wildman–Crippen LogP) is 3.15. The molecule has 1 aromatic heterocycles. The number of hydrogen-bond donors (Lipinski definition) is 1. The number of carboxylic acid groups (broad SMARTS) is 1. The van der Waals surface area contributed by atoms with Crippen molar-refractivity contribution >= 4 is 28.9 Å². The minimum Gasteiger partial charge on any atom is -0.481 e. The van der Waals surface area contributed by atoms with Gasteiger partial charge in [0.05, 0.1) is 4.34 Å². The summed E-state index contributed by atoms with van der Waals surface area (Å²) in [6, 6.07) is 3.60. The van der Waals surface area contributed by atoms with E-state index in [4.69, 9.17) is 11.6 Å². The van der Waals surface area contributed by atoms with Gasteiger partial charge in [0, 0.05) is 4.88 Å². The van der Waals surface area contributed by atoms with E-state index >= 15 is 0 Å². The zero-order valence-corrected chi connectivity index (χ0v) is 9.36. The van der Waals surface area contributed by atoms with E-state index in [1.165, 1.54) is 11.3 Å². The molecule has 14 heavy (non-hydrogen) atoms. The van der Waals surface area contributed by atoms with Gasteiger partial charge in [0.25, 0.3) is 0 Å². The molecule has 1 unspecified atom stereocenters. The van der Waals surface area contributed by atoms with Crippen molar-refractivity contribution in [1.29, 1.82) is 0 Å². The summed E-state index contributed by atoms with van der Waals surface area (Å²) >= 11 is 7.20. The summed E-state index contributed by atoms with van der Waals surface area (Å²) in [6.45, 7) is 1.80. The second kappa shape index (κ2) is 3.24. The van der Waals surface area contributed by atoms with Crippen LogP contribution in [0, 0.1) is 5.92 Å². The standard InChI is InChI=1S/C10H11ClO2S/c1-10(9(12)13,6-2-3-6)7-4-5-8(11)14-7/h4-6H,2-3H2,1H3,(H,12,13). The average Bonchev–Trinajstić information content (AvgIpc) is 2.88. The monoisotopic (exact) mass is 230 g/mol. The molecule has 76 valence electrons. The Balaban J connectivity index is 2.40. The van der Waals surface area contributed by atoms with Crippen LogP contribution in [0.5, 0.6) is 0 Å². The summed E-state index contributed by atoms with van der Waals surface area (Å²) in [6.07, 6.45) is 2.02. The van der Waals surface area contributed by atoms with Crippen LogP contribution in [0.25, 0.3) is 0 Å². The minimum absolute atomic E-state index is 0.287. The largest absolute Gasteiger partial charge is 0.481 e. The zero-order chi connectivity index (χ0) is 10.3. The normalized spacial score (nSPS) is 20.4. The van der Waals surface area contributed by atoms with Crippen LogP contribution in [0.3, 0.4) is 0 Å². The lowest BCUT2D eigenvalue weighted by Gasteiger charge is -2.22. The van der Waals surface area contributed by atoms with Crippen molar-refractivity contribution in [3.05, 3.63) is 21.3 Å². The van der Waals surface area contributed by atoms with E-state index in [9.17, 15) is 9.90 Å². The van der Waals surface area contributed by atoms with E-state index in [1.54, 1.807) is 13.0 Å². The first-order chi connectivity index (χ1) is 6.55. The van der Waals surface area contributed by atoms with Crippen LogP contribution in [0.15, 0.2) is 12.1 Å². The van der Waals surface area contributed by atoms with Gasteiger partial charge in [0.1, 0.15) is 5.41 Å². The number of halogens is 1. The topological polar surface area (TPSA) is 37.3 Å². The van der Waals surface area contributed by atoms with Crippen LogP contribution in [0.2, 0.25) is 4.34 Å². The second-order valence-corrected chi connectivity index (χ2v) is 5.60. The Bertz CT molecular complexity index is 370. The number of carboxylic acids is 1. The minimum atomic E-state index is -0.737. The maximum atomic E-state index is 11.3. The molecule has 0 aliphatic heterocycles. The number of rotatable bonds is 3. The van der Waals surface area contributed by atoms with Crippen molar-refractivity contribution in [3.8, 4) is 0 Å². The lowest BCUT2D eigenvalue weighted by Crippen LogP contribution is -2.33. The van der Waals surface area contributed by atoms with Crippen LogP contribution < -0.4 is 0 Å². The van der Waals surface area contributed by atoms with Gasteiger partial charge in [-0.25, -0.2) is 0 Å². The molecule has 0 bridgehead atoms. The fourth-order valence-corrected chi connectivity index (χ4v) is 3.00. The molecule has 1 N–H and O–H groups in total. The van der Waals surface area contributed by atoms with Gasteiger partial charge in [-0.2, -0.15) is 0 Å². The smallest absolute Gasteiger partial charge is 0.314 e. The Morgan fingerprint density at radius 1 is 1.64 bits per heavy atom. The highest BCUT2D eigenvalue weighted by atomic mass is 35.5. The Labute approximate surface area is 91.5 Å². The predicted molar refractivity (Wildman–Crippen MR) is 57.0 cm³/mol. The molecular formula is C10H11ClO2S. The number of thiophene rings is 1. The van der Waals surface area contributed by atoms with Crippen molar-refractivity contribution in [2.24, 2.45) is 5.92 Å². The van der Waals surface area contributed by atoms with E-state index in [0.717, 1.165) is 17.7 Å². The van der Waals surface area contributed by atoms with Crippen LogP contribution in [0.1, 0.15) is 24.6 Å². The van der Waals surface area contributed by atoms with Crippen LogP contribution in [-0.4, -0.2) is 11.1 Å². The van der Waals surface area contributed by atoms with E-state index in [2.05, 4.69) is 0 Å². The van der Waals surface area contributed by atoms with Crippen LogP contribution >= 0.6 is 22.9 Å². The molecule has 4 heteroatoms. The van der Waals surface area contributed by atoms with Gasteiger partial charge in [0.2, 0.25) is 0 Å². The zero-order valence-electron chi connectivity index (χ0n) is 7.79. The first-order valence-electron chi connectivity index (χ1n) is 4.54. The number of carbonyl (C=O) groups is 1. The highest BCUT2D eigenvalue weighted by Gasteiger charge is 2.49. The molecule has 0 saturated heterocycles. The third-order valence-corrected chi connectivity index (χ3v) is 4.39. The van der Waals surface area contributed by atoms with Crippen molar-refractivity contribution < 1.29 is 9.90 Å². The number of hydrogen-bond acceptors (Lipinski definition) is 2. The molecule has 1 saturated carbocycles. The molecule has 1 atom stereocenters. The van der Waals surface area contributed by atoms with E-state index in [1.807, 2.05) is 6.07 Å². The third-order valence-electron chi connectivity index (χ3n) is 2.92. The first kappa shape index (κ1) is 9.99. The second-order valence-electron chi connectivity index (χ2n) is 3.89. The Hall–Kier alpha value is -0.540. The van der Waals surface area contributed by atoms with Crippen molar-refractivity contribution in [2.75, 3.05) is 0 Å². The highest BCUT2D eigenvalue weighted by Crippen LogP contribution is 2.49. The lowest BCUT2D eigenvalue weighted by atomic mass is 9.83. The molecule has 0 spiro atoms. The maximum Gasteiger partial charge on any atom is 0.314 e. The first-order valence-corrected chi connectivity index (χ1v) is 5.74. The fraction of sp³-hybridized carbons (Fsp3) is 0.500. The van der Waals surface area contributed by atoms with Gasteiger partial charge in [-0.05, 0) is 37.8 Å². The van der Waals surface area contributed by atoms with Gasteiger partial charge in [-0.3, -0.25) is 4.79 Å². The summed E-state index contributed by atoms with van der Waals surface area (Å²) in [5, 5.41) is 9.27. The highest BCUT2D eigenvalue weighted by molar-refractivity contribution is 7.16. The molecule has 1 aromatic rings. The van der Waals surface area contributed by atoms with Gasteiger partial charge in [0.15, 0.2) is 0 Å². The summed E-state index contributed by atoms with van der Waals surface area (Å²) < 4.78 is 0.660. The molecule has 2 rings (SSSR count). The molecule has 2 nitrogen and oxygen atoms in total. The van der Waals surface area contributed by atoms with E-state index in [0.29, 0.717) is 4.34 Å².